The number of rotatable bonds is 10. The van der Waals surface area contributed by atoms with Gasteiger partial charge in [0.05, 0.1) is 0 Å². The Labute approximate surface area is 120 Å². The third kappa shape index (κ3) is 9.75. The topological polar surface area (TPSA) is 20.3 Å². The van der Waals surface area contributed by atoms with Crippen LogP contribution in [0, 0.1) is 5.92 Å². The maximum absolute atomic E-state index is 12.1. The quantitative estimate of drug-likeness (QED) is 0.411. The largest absolute Gasteiger partial charge is 0.340 e. The summed E-state index contributed by atoms with van der Waals surface area (Å²) >= 11 is 0. The zero-order chi connectivity index (χ0) is 14.7. The van der Waals surface area contributed by atoms with Gasteiger partial charge in [-0.15, -0.1) is 0 Å². The van der Waals surface area contributed by atoms with Crippen LogP contribution in [0.4, 0.5) is 0 Å². The molecule has 0 fully saturated rings. The second-order valence-electron chi connectivity index (χ2n) is 6.06. The van der Waals surface area contributed by atoms with E-state index < -0.39 is 0 Å². The highest BCUT2D eigenvalue weighted by molar-refractivity contribution is 5.77. The molecular formula is C17H33NO. The van der Waals surface area contributed by atoms with Gasteiger partial charge in [0, 0.05) is 19.0 Å². The SMILES string of the molecule is CCCCCC/C=C/CC(=O)N(CC(C)C)C(C)C. The summed E-state index contributed by atoms with van der Waals surface area (Å²) < 4.78 is 0. The average molecular weight is 267 g/mol. The Morgan fingerprint density at radius 3 is 2.26 bits per heavy atom. The zero-order valence-corrected chi connectivity index (χ0v) is 13.6. The van der Waals surface area contributed by atoms with Crippen LogP contribution in [0.1, 0.15) is 73.1 Å². The zero-order valence-electron chi connectivity index (χ0n) is 13.6. The molecule has 0 aromatic carbocycles. The summed E-state index contributed by atoms with van der Waals surface area (Å²) in [5.41, 5.74) is 0. The highest BCUT2D eigenvalue weighted by atomic mass is 16.2. The summed E-state index contributed by atoms with van der Waals surface area (Å²) in [5.74, 6) is 0.790. The van der Waals surface area contributed by atoms with E-state index in [-0.39, 0.29) is 5.91 Å². The van der Waals surface area contributed by atoms with Gasteiger partial charge in [-0.05, 0) is 32.6 Å². The fourth-order valence-electron chi connectivity index (χ4n) is 2.10. The van der Waals surface area contributed by atoms with Crippen LogP contribution in [0.5, 0.6) is 0 Å². The Hall–Kier alpha value is -0.790. The average Bonchev–Trinajstić information content (AvgIpc) is 2.34. The Morgan fingerprint density at radius 2 is 1.74 bits per heavy atom. The lowest BCUT2D eigenvalue weighted by atomic mass is 10.1. The molecule has 0 spiro atoms. The molecule has 0 saturated heterocycles. The van der Waals surface area contributed by atoms with Crippen molar-refractivity contribution < 1.29 is 4.79 Å². The van der Waals surface area contributed by atoms with Crippen molar-refractivity contribution in [3.05, 3.63) is 12.2 Å². The molecule has 0 aliphatic rings. The molecule has 0 atom stereocenters. The van der Waals surface area contributed by atoms with Crippen molar-refractivity contribution in [1.82, 2.24) is 4.90 Å². The van der Waals surface area contributed by atoms with Crippen molar-refractivity contribution in [1.29, 1.82) is 0 Å². The minimum atomic E-state index is 0.258. The molecule has 112 valence electrons. The maximum Gasteiger partial charge on any atom is 0.226 e. The van der Waals surface area contributed by atoms with Crippen molar-refractivity contribution in [3.63, 3.8) is 0 Å². The summed E-state index contributed by atoms with van der Waals surface area (Å²) in [6, 6.07) is 0.299. The third-order valence-electron chi connectivity index (χ3n) is 3.19. The van der Waals surface area contributed by atoms with Crippen LogP contribution in [-0.4, -0.2) is 23.4 Å². The van der Waals surface area contributed by atoms with Gasteiger partial charge in [0.15, 0.2) is 0 Å². The second kappa shape index (κ2) is 11.1. The summed E-state index contributed by atoms with van der Waals surface area (Å²) in [5, 5.41) is 0. The highest BCUT2D eigenvalue weighted by Crippen LogP contribution is 2.08. The van der Waals surface area contributed by atoms with Crippen molar-refractivity contribution in [3.8, 4) is 0 Å². The van der Waals surface area contributed by atoms with Crippen LogP contribution in [0.3, 0.4) is 0 Å². The van der Waals surface area contributed by atoms with E-state index in [9.17, 15) is 4.79 Å². The summed E-state index contributed by atoms with van der Waals surface area (Å²) in [6.45, 7) is 11.6. The molecule has 0 bridgehead atoms. The maximum atomic E-state index is 12.1. The number of hydrogen-bond donors (Lipinski definition) is 0. The first-order chi connectivity index (χ1) is 8.99. The van der Waals surface area contributed by atoms with Gasteiger partial charge in [0.1, 0.15) is 0 Å². The fourth-order valence-corrected chi connectivity index (χ4v) is 2.10. The molecule has 0 aromatic rings. The Balaban J connectivity index is 3.95. The molecule has 0 radical (unpaired) electrons. The van der Waals surface area contributed by atoms with E-state index in [1.54, 1.807) is 0 Å². The van der Waals surface area contributed by atoms with Gasteiger partial charge in [-0.3, -0.25) is 4.79 Å². The van der Waals surface area contributed by atoms with Crippen molar-refractivity contribution >= 4 is 5.91 Å². The summed E-state index contributed by atoms with van der Waals surface area (Å²) in [7, 11) is 0. The van der Waals surface area contributed by atoms with Crippen LogP contribution in [0.15, 0.2) is 12.2 Å². The molecule has 0 rings (SSSR count). The van der Waals surface area contributed by atoms with E-state index in [1.165, 1.54) is 25.7 Å². The molecule has 0 aliphatic heterocycles. The lowest BCUT2D eigenvalue weighted by molar-refractivity contribution is -0.132. The van der Waals surface area contributed by atoms with Crippen LogP contribution < -0.4 is 0 Å². The molecule has 0 unspecified atom stereocenters. The van der Waals surface area contributed by atoms with Gasteiger partial charge >= 0.3 is 0 Å². The molecule has 0 heterocycles. The van der Waals surface area contributed by atoms with Gasteiger partial charge < -0.3 is 4.90 Å². The monoisotopic (exact) mass is 267 g/mol. The lowest BCUT2D eigenvalue weighted by Gasteiger charge is -2.28. The standard InChI is InChI=1S/C17H33NO/c1-6-7-8-9-10-11-12-13-17(19)18(16(4)5)14-15(2)3/h11-12,15-16H,6-10,13-14H2,1-5H3/b12-11+. The number of amides is 1. The fraction of sp³-hybridized carbons (Fsp3) is 0.824. The Bertz CT molecular complexity index is 256. The minimum Gasteiger partial charge on any atom is -0.340 e. The number of allylic oxidation sites excluding steroid dienone is 1. The van der Waals surface area contributed by atoms with E-state index in [2.05, 4.69) is 40.7 Å². The predicted molar refractivity (Wildman–Crippen MR) is 84.2 cm³/mol. The second-order valence-corrected chi connectivity index (χ2v) is 6.06. The molecule has 0 aliphatic carbocycles. The molecule has 2 nitrogen and oxygen atoms in total. The Morgan fingerprint density at radius 1 is 1.05 bits per heavy atom. The van der Waals surface area contributed by atoms with Crippen molar-refractivity contribution in [2.24, 2.45) is 5.92 Å². The predicted octanol–water partition coefficient (Wildman–Crippen LogP) is 4.80. The number of hydrogen-bond acceptors (Lipinski definition) is 1. The van der Waals surface area contributed by atoms with Crippen LogP contribution >= 0.6 is 0 Å². The van der Waals surface area contributed by atoms with E-state index in [1.807, 2.05) is 11.0 Å². The number of carbonyl (C=O) groups is 1. The van der Waals surface area contributed by atoms with Crippen LogP contribution in [0.25, 0.3) is 0 Å². The minimum absolute atomic E-state index is 0.258. The molecule has 19 heavy (non-hydrogen) atoms. The third-order valence-corrected chi connectivity index (χ3v) is 3.19. The number of carbonyl (C=O) groups excluding carboxylic acids is 1. The summed E-state index contributed by atoms with van der Waals surface area (Å²) in [4.78, 5) is 14.1. The van der Waals surface area contributed by atoms with E-state index in [0.717, 1.165) is 13.0 Å². The first-order valence-corrected chi connectivity index (χ1v) is 7.93. The molecule has 2 heteroatoms. The van der Waals surface area contributed by atoms with Gasteiger partial charge in [-0.1, -0.05) is 52.2 Å². The van der Waals surface area contributed by atoms with Gasteiger partial charge in [-0.25, -0.2) is 0 Å². The highest BCUT2D eigenvalue weighted by Gasteiger charge is 2.16. The number of unbranched alkanes of at least 4 members (excludes halogenated alkanes) is 4. The first-order valence-electron chi connectivity index (χ1n) is 7.93. The summed E-state index contributed by atoms with van der Waals surface area (Å²) in [6.07, 6.45) is 11.0. The van der Waals surface area contributed by atoms with Crippen LogP contribution in [-0.2, 0) is 4.79 Å². The Kier molecular flexibility index (Phi) is 10.6. The van der Waals surface area contributed by atoms with E-state index in [0.29, 0.717) is 18.4 Å². The smallest absolute Gasteiger partial charge is 0.226 e. The van der Waals surface area contributed by atoms with Gasteiger partial charge in [0.2, 0.25) is 5.91 Å². The molecule has 1 amide bonds. The van der Waals surface area contributed by atoms with Gasteiger partial charge in [-0.2, -0.15) is 0 Å². The van der Waals surface area contributed by atoms with Crippen LogP contribution in [0.2, 0.25) is 0 Å². The molecule has 0 aromatic heterocycles. The molecule has 0 N–H and O–H groups in total. The van der Waals surface area contributed by atoms with Gasteiger partial charge in [0.25, 0.3) is 0 Å². The van der Waals surface area contributed by atoms with Crippen molar-refractivity contribution in [2.75, 3.05) is 6.54 Å². The lowest BCUT2D eigenvalue weighted by Crippen LogP contribution is -2.39. The molecule has 0 saturated carbocycles. The van der Waals surface area contributed by atoms with E-state index >= 15 is 0 Å². The van der Waals surface area contributed by atoms with E-state index in [4.69, 9.17) is 0 Å². The normalized spacial score (nSPS) is 11.7. The van der Waals surface area contributed by atoms with Crippen molar-refractivity contribution in [2.45, 2.75) is 79.2 Å². The number of nitrogens with zero attached hydrogens (tertiary/aromatic N) is 1. The first kappa shape index (κ1) is 18.2. The molecular weight excluding hydrogens is 234 g/mol.